The van der Waals surface area contributed by atoms with Crippen LogP contribution in [0.15, 0.2) is 0 Å². The summed E-state index contributed by atoms with van der Waals surface area (Å²) in [7, 11) is 0. The minimum absolute atomic E-state index is 0.00549. The van der Waals surface area contributed by atoms with Gasteiger partial charge in [0.05, 0.1) is 24.5 Å². The molecule has 2 saturated carbocycles. The Bertz CT molecular complexity index is 697. The van der Waals surface area contributed by atoms with Crippen molar-refractivity contribution in [3.05, 3.63) is 0 Å². The average Bonchev–Trinajstić information content (AvgIpc) is 3.37. The summed E-state index contributed by atoms with van der Waals surface area (Å²) in [5, 5.41) is 0. The van der Waals surface area contributed by atoms with E-state index < -0.39 is 0 Å². The molecule has 0 aromatic heterocycles. The molecule has 29 heavy (non-hydrogen) atoms. The highest BCUT2D eigenvalue weighted by Gasteiger charge is 2.78. The van der Waals surface area contributed by atoms with Crippen molar-refractivity contribution >= 4 is 11.9 Å². The number of likely N-dealkylation sites (tertiary alicyclic amines) is 1. The highest BCUT2D eigenvalue weighted by molar-refractivity contribution is 5.76. The van der Waals surface area contributed by atoms with Crippen molar-refractivity contribution in [2.45, 2.75) is 77.1 Å². The highest BCUT2D eigenvalue weighted by Crippen LogP contribution is 2.70. The van der Waals surface area contributed by atoms with Crippen LogP contribution in [0.1, 0.15) is 59.3 Å². The van der Waals surface area contributed by atoms with Crippen LogP contribution in [0.25, 0.3) is 0 Å². The van der Waals surface area contributed by atoms with Gasteiger partial charge < -0.3 is 19.1 Å². The molecule has 5 fully saturated rings. The summed E-state index contributed by atoms with van der Waals surface area (Å²) in [4.78, 5) is 27.4. The maximum Gasteiger partial charge on any atom is 0.311 e. The van der Waals surface area contributed by atoms with E-state index in [1.807, 2.05) is 6.92 Å². The molecule has 0 N–H and O–H groups in total. The molecule has 0 aromatic rings. The molecule has 8 atom stereocenters. The number of hydrogen-bond acceptors (Lipinski definition) is 6. The third kappa shape index (κ3) is 2.88. The largest absolute Gasteiger partial charge is 0.466 e. The Balaban J connectivity index is 1.31. The molecule has 5 aliphatic rings. The van der Waals surface area contributed by atoms with Crippen LogP contribution in [0.4, 0.5) is 0 Å². The fourth-order valence-electron chi connectivity index (χ4n) is 7.39. The molecule has 0 radical (unpaired) electrons. The second-order valence-electron chi connectivity index (χ2n) is 10.4. The first-order valence-corrected chi connectivity index (χ1v) is 11.7. The molecular weight excluding hydrogens is 370 g/mol. The molecule has 0 aromatic carbocycles. The zero-order valence-electron chi connectivity index (χ0n) is 18.0. The third-order valence-corrected chi connectivity index (χ3v) is 8.77. The molecule has 0 amide bonds. The molecule has 3 aliphatic heterocycles. The van der Waals surface area contributed by atoms with Gasteiger partial charge in [0.25, 0.3) is 0 Å². The van der Waals surface area contributed by atoms with Crippen LogP contribution >= 0.6 is 0 Å². The van der Waals surface area contributed by atoms with Gasteiger partial charge in [-0.1, -0.05) is 20.3 Å². The van der Waals surface area contributed by atoms with Crippen molar-refractivity contribution in [2.75, 3.05) is 26.2 Å². The monoisotopic (exact) mass is 405 g/mol. The number of esters is 2. The number of carbonyl (C=O) groups excluding carboxylic acids is 2. The van der Waals surface area contributed by atoms with Crippen molar-refractivity contribution < 1.29 is 23.8 Å². The number of epoxide rings is 1. The molecule has 6 heteroatoms. The van der Waals surface area contributed by atoms with E-state index >= 15 is 0 Å². The van der Waals surface area contributed by atoms with E-state index in [4.69, 9.17) is 14.2 Å². The Morgan fingerprint density at radius 3 is 2.93 bits per heavy atom. The van der Waals surface area contributed by atoms with Crippen molar-refractivity contribution in [3.63, 3.8) is 0 Å². The molecule has 5 unspecified atom stereocenters. The van der Waals surface area contributed by atoms with Crippen LogP contribution in [0, 0.1) is 29.1 Å². The number of fused-ring (bicyclic) bond motifs is 2. The minimum Gasteiger partial charge on any atom is -0.466 e. The van der Waals surface area contributed by atoms with E-state index in [0.717, 1.165) is 25.8 Å². The lowest BCUT2D eigenvalue weighted by atomic mass is 9.53. The summed E-state index contributed by atoms with van der Waals surface area (Å²) < 4.78 is 17.7. The number of hydrogen-bond donors (Lipinski definition) is 0. The molecule has 0 bridgehead atoms. The smallest absolute Gasteiger partial charge is 0.311 e. The van der Waals surface area contributed by atoms with Crippen LogP contribution in [0.3, 0.4) is 0 Å². The van der Waals surface area contributed by atoms with Gasteiger partial charge in [0.15, 0.2) is 0 Å². The number of piperidine rings is 1. The quantitative estimate of drug-likeness (QED) is 0.529. The summed E-state index contributed by atoms with van der Waals surface area (Å²) in [6.45, 7) is 9.25. The zero-order valence-corrected chi connectivity index (χ0v) is 18.0. The van der Waals surface area contributed by atoms with E-state index in [1.165, 1.54) is 19.3 Å². The fraction of sp³-hybridized carbons (Fsp3) is 0.913. The van der Waals surface area contributed by atoms with E-state index in [0.29, 0.717) is 25.6 Å². The Morgan fingerprint density at radius 1 is 1.31 bits per heavy atom. The summed E-state index contributed by atoms with van der Waals surface area (Å²) in [6.07, 6.45) is 6.57. The van der Waals surface area contributed by atoms with Gasteiger partial charge in [0.2, 0.25) is 0 Å². The number of rotatable bonds is 4. The Hall–Kier alpha value is -1.14. The lowest BCUT2D eigenvalue weighted by molar-refractivity contribution is -0.150. The van der Waals surface area contributed by atoms with Gasteiger partial charge in [0.1, 0.15) is 11.7 Å². The predicted octanol–water partition coefficient (Wildman–Crippen LogP) is 2.79. The number of carbonyl (C=O) groups is 2. The van der Waals surface area contributed by atoms with Crippen LogP contribution in [0.5, 0.6) is 0 Å². The van der Waals surface area contributed by atoms with Gasteiger partial charge in [-0.2, -0.15) is 0 Å². The number of ether oxygens (including phenoxy) is 3. The second-order valence-corrected chi connectivity index (χ2v) is 10.4. The van der Waals surface area contributed by atoms with E-state index in [1.54, 1.807) is 0 Å². The lowest BCUT2D eigenvalue weighted by Gasteiger charge is -2.49. The van der Waals surface area contributed by atoms with Crippen LogP contribution < -0.4 is 0 Å². The summed E-state index contributed by atoms with van der Waals surface area (Å²) in [5.41, 5.74) is 0.0831. The van der Waals surface area contributed by atoms with E-state index in [2.05, 4.69) is 18.7 Å². The molecule has 3 heterocycles. The maximum atomic E-state index is 12.9. The van der Waals surface area contributed by atoms with Crippen LogP contribution in [-0.2, 0) is 23.8 Å². The van der Waals surface area contributed by atoms with Crippen LogP contribution in [-0.4, -0.2) is 60.9 Å². The predicted molar refractivity (Wildman–Crippen MR) is 106 cm³/mol. The van der Waals surface area contributed by atoms with Crippen molar-refractivity contribution in [1.29, 1.82) is 0 Å². The topological polar surface area (TPSA) is 68.4 Å². The Labute approximate surface area is 173 Å². The highest BCUT2D eigenvalue weighted by atomic mass is 16.6. The standard InChI is InChI=1S/C23H35NO5/c1-4-27-20(25)15-8-6-10-24(12-15)13-16-18-17(28-21(16)26)11-22(3)9-5-7-14(2)23(22)19(18)29-23/h14-19H,4-13H2,1-3H3/t14?,15?,16?,17-,18-,19?,22-,23?/m1/s1. The fourth-order valence-corrected chi connectivity index (χ4v) is 7.39. The van der Waals surface area contributed by atoms with Gasteiger partial charge in [-0.05, 0) is 51.5 Å². The molecular formula is C23H35NO5. The SMILES string of the molecule is CCOC(=O)C1CCCN(CC2C(=O)O[C@@H]3C[C@@]4(C)CCCC(C)C45OC5[C@H]23)C1. The van der Waals surface area contributed by atoms with Crippen molar-refractivity contribution in [2.24, 2.45) is 29.1 Å². The Morgan fingerprint density at radius 2 is 2.14 bits per heavy atom. The van der Waals surface area contributed by atoms with Gasteiger partial charge in [-0.25, -0.2) is 0 Å². The lowest BCUT2D eigenvalue weighted by Crippen LogP contribution is -2.55. The summed E-state index contributed by atoms with van der Waals surface area (Å²) in [5.74, 6) is 0.347. The molecule has 2 aliphatic carbocycles. The van der Waals surface area contributed by atoms with E-state index in [-0.39, 0.29) is 52.9 Å². The van der Waals surface area contributed by atoms with Gasteiger partial charge in [0, 0.05) is 24.4 Å². The first-order chi connectivity index (χ1) is 13.9. The first kappa shape index (κ1) is 19.8. The first-order valence-electron chi connectivity index (χ1n) is 11.7. The third-order valence-electron chi connectivity index (χ3n) is 8.77. The van der Waals surface area contributed by atoms with E-state index in [9.17, 15) is 9.59 Å². The van der Waals surface area contributed by atoms with Crippen LogP contribution in [0.2, 0.25) is 0 Å². The zero-order chi connectivity index (χ0) is 20.4. The van der Waals surface area contributed by atoms with Crippen molar-refractivity contribution in [1.82, 2.24) is 4.90 Å². The minimum atomic E-state index is -0.135. The summed E-state index contributed by atoms with van der Waals surface area (Å²) >= 11 is 0. The second kappa shape index (κ2) is 6.94. The molecule has 162 valence electrons. The van der Waals surface area contributed by atoms with Crippen molar-refractivity contribution in [3.8, 4) is 0 Å². The van der Waals surface area contributed by atoms with Gasteiger partial charge in [-0.15, -0.1) is 0 Å². The summed E-state index contributed by atoms with van der Waals surface area (Å²) in [6, 6.07) is 0. The molecule has 3 saturated heterocycles. The van der Waals surface area contributed by atoms with Gasteiger partial charge in [-0.3, -0.25) is 9.59 Å². The molecule has 5 rings (SSSR count). The average molecular weight is 406 g/mol. The molecule has 6 nitrogen and oxygen atoms in total. The Kier molecular flexibility index (Phi) is 4.74. The molecule has 1 spiro atoms. The normalized spacial score (nSPS) is 48.9. The number of nitrogens with zero attached hydrogens (tertiary/aromatic N) is 1. The van der Waals surface area contributed by atoms with Gasteiger partial charge >= 0.3 is 11.9 Å². The maximum absolute atomic E-state index is 12.9.